The number of hydrogen-bond donors (Lipinski definition) is 0. The summed E-state index contributed by atoms with van der Waals surface area (Å²) >= 11 is 0. The van der Waals surface area contributed by atoms with Crippen LogP contribution in [0.4, 0.5) is 0 Å². The minimum Gasteiger partial charge on any atom is -0.0654 e. The third-order valence-electron chi connectivity index (χ3n) is 8.55. The van der Waals surface area contributed by atoms with Crippen LogP contribution in [0.1, 0.15) is 164 Å². The van der Waals surface area contributed by atoms with Crippen molar-refractivity contribution in [2.45, 2.75) is 164 Å². The average Bonchev–Trinajstić information content (AvgIpc) is 2.84. The normalized spacial score (nSPS) is 16.5. The molecule has 0 saturated carbocycles. The summed E-state index contributed by atoms with van der Waals surface area (Å²) in [5.41, 5.74) is 0. The molecule has 0 spiro atoms. The Kier molecular flexibility index (Phi) is 23.2. The Bertz CT molecular complexity index is 344. The SMILES string of the molecule is CCCCCCCC[P+](CC(CC)CCCC)(CC(CC)CCCC)CC(CC)CCCC. The van der Waals surface area contributed by atoms with Gasteiger partial charge in [0.25, 0.3) is 0 Å². The van der Waals surface area contributed by atoms with Gasteiger partial charge in [-0.2, -0.15) is 0 Å². The topological polar surface area (TPSA) is 0 Å². The van der Waals surface area contributed by atoms with E-state index in [0.717, 1.165) is 17.8 Å². The van der Waals surface area contributed by atoms with Crippen LogP contribution in [0.5, 0.6) is 0 Å². The highest BCUT2D eigenvalue weighted by Gasteiger charge is 2.42. The summed E-state index contributed by atoms with van der Waals surface area (Å²) in [7, 11) is -0.890. The van der Waals surface area contributed by atoms with Crippen LogP contribution in [0.3, 0.4) is 0 Å². The van der Waals surface area contributed by atoms with Crippen molar-refractivity contribution in [2.24, 2.45) is 17.8 Å². The van der Waals surface area contributed by atoms with Crippen LogP contribution in [0.2, 0.25) is 0 Å². The summed E-state index contributed by atoms with van der Waals surface area (Å²) in [4.78, 5) is 0. The molecule has 0 amide bonds. The molecule has 0 saturated heterocycles. The van der Waals surface area contributed by atoms with Gasteiger partial charge in [-0.25, -0.2) is 0 Å². The minimum atomic E-state index is -0.890. The highest BCUT2D eigenvalue weighted by molar-refractivity contribution is 7.75. The smallest absolute Gasteiger partial charge is 0.0622 e. The van der Waals surface area contributed by atoms with Crippen molar-refractivity contribution in [3.8, 4) is 0 Å². The number of hydrogen-bond acceptors (Lipinski definition) is 0. The summed E-state index contributed by atoms with van der Waals surface area (Å²) in [6, 6.07) is 0. The van der Waals surface area contributed by atoms with Gasteiger partial charge in [-0.05, 0) is 69.1 Å². The molecule has 33 heavy (non-hydrogen) atoms. The molecular formula is C32H68P+. The van der Waals surface area contributed by atoms with Crippen LogP contribution in [0.25, 0.3) is 0 Å². The molecule has 0 aliphatic carbocycles. The maximum atomic E-state index is 2.50. The van der Waals surface area contributed by atoms with E-state index in [1.54, 1.807) is 24.6 Å². The molecule has 0 N–H and O–H groups in total. The number of unbranched alkanes of at least 4 members (excludes halogenated alkanes) is 8. The Morgan fingerprint density at radius 1 is 0.394 bits per heavy atom. The van der Waals surface area contributed by atoms with Crippen LogP contribution in [-0.2, 0) is 0 Å². The van der Waals surface area contributed by atoms with Crippen molar-refractivity contribution in [1.29, 1.82) is 0 Å². The molecule has 0 radical (unpaired) electrons. The Labute approximate surface area is 213 Å². The lowest BCUT2D eigenvalue weighted by Crippen LogP contribution is -2.25. The molecule has 1 heteroatoms. The summed E-state index contributed by atoms with van der Waals surface area (Å²) < 4.78 is 0. The van der Waals surface area contributed by atoms with Gasteiger partial charge in [0.1, 0.15) is 0 Å². The molecule has 0 aromatic carbocycles. The summed E-state index contributed by atoms with van der Waals surface area (Å²) in [6.45, 7) is 17.0. The summed E-state index contributed by atoms with van der Waals surface area (Å²) in [5.74, 6) is 3.02. The van der Waals surface area contributed by atoms with Crippen LogP contribution in [0.15, 0.2) is 0 Å². The van der Waals surface area contributed by atoms with Gasteiger partial charge in [0.15, 0.2) is 0 Å². The fraction of sp³-hybridized carbons (Fsp3) is 1.00. The molecule has 200 valence electrons. The summed E-state index contributed by atoms with van der Waals surface area (Å²) in [6.07, 6.45) is 32.7. The maximum Gasteiger partial charge on any atom is 0.0622 e. The van der Waals surface area contributed by atoms with Gasteiger partial charge in [-0.1, -0.05) is 113 Å². The van der Waals surface area contributed by atoms with Crippen molar-refractivity contribution in [3.63, 3.8) is 0 Å². The van der Waals surface area contributed by atoms with E-state index in [4.69, 9.17) is 0 Å². The molecular weight excluding hydrogens is 415 g/mol. The lowest BCUT2D eigenvalue weighted by Gasteiger charge is -2.36. The van der Waals surface area contributed by atoms with Gasteiger partial charge in [-0.15, -0.1) is 0 Å². The van der Waals surface area contributed by atoms with Gasteiger partial charge in [-0.3, -0.25) is 0 Å². The third-order valence-corrected chi connectivity index (χ3v) is 13.7. The van der Waals surface area contributed by atoms with Gasteiger partial charge < -0.3 is 0 Å². The second-order valence-corrected chi connectivity index (χ2v) is 15.9. The highest BCUT2D eigenvalue weighted by Crippen LogP contribution is 2.64. The molecule has 0 fully saturated rings. The molecule has 0 aromatic heterocycles. The largest absolute Gasteiger partial charge is 0.0654 e. The van der Waals surface area contributed by atoms with Crippen molar-refractivity contribution in [2.75, 3.05) is 24.6 Å². The predicted molar refractivity (Wildman–Crippen MR) is 160 cm³/mol. The third kappa shape index (κ3) is 16.7. The fourth-order valence-electron chi connectivity index (χ4n) is 6.12. The first-order valence-electron chi connectivity index (χ1n) is 15.9. The first-order valence-corrected chi connectivity index (χ1v) is 18.4. The Hall–Kier alpha value is 0.430. The van der Waals surface area contributed by atoms with E-state index in [0.29, 0.717) is 0 Å². The van der Waals surface area contributed by atoms with E-state index >= 15 is 0 Å². The predicted octanol–water partition coefficient (Wildman–Crippen LogP) is 12.0. The van der Waals surface area contributed by atoms with Gasteiger partial charge in [0, 0.05) is 7.26 Å². The number of rotatable bonds is 25. The van der Waals surface area contributed by atoms with E-state index in [9.17, 15) is 0 Å². The monoisotopic (exact) mass is 484 g/mol. The molecule has 0 nitrogen and oxygen atoms in total. The molecule has 3 unspecified atom stereocenters. The highest BCUT2D eigenvalue weighted by atomic mass is 31.2. The zero-order valence-electron chi connectivity index (χ0n) is 24.7. The zero-order chi connectivity index (χ0) is 24.8. The van der Waals surface area contributed by atoms with Crippen molar-refractivity contribution in [3.05, 3.63) is 0 Å². The molecule has 0 aliphatic heterocycles. The Morgan fingerprint density at radius 3 is 1.06 bits per heavy atom. The quantitative estimate of drug-likeness (QED) is 0.0894. The first kappa shape index (κ1) is 33.4. The second-order valence-electron chi connectivity index (χ2n) is 11.6. The van der Waals surface area contributed by atoms with Crippen LogP contribution in [-0.4, -0.2) is 24.6 Å². The van der Waals surface area contributed by atoms with Gasteiger partial charge in [0.05, 0.1) is 24.6 Å². The van der Waals surface area contributed by atoms with E-state index in [-0.39, 0.29) is 0 Å². The van der Waals surface area contributed by atoms with Crippen molar-refractivity contribution >= 4 is 7.26 Å². The molecule has 0 aromatic rings. The van der Waals surface area contributed by atoms with Crippen molar-refractivity contribution < 1.29 is 0 Å². The fourth-order valence-corrected chi connectivity index (χ4v) is 12.6. The second kappa shape index (κ2) is 22.9. The molecule has 0 rings (SSSR count). The zero-order valence-corrected chi connectivity index (χ0v) is 25.6. The van der Waals surface area contributed by atoms with Gasteiger partial charge >= 0.3 is 0 Å². The van der Waals surface area contributed by atoms with E-state index in [1.807, 2.05) is 0 Å². The average molecular weight is 484 g/mol. The lowest BCUT2D eigenvalue weighted by atomic mass is 10.0. The molecule has 0 bridgehead atoms. The standard InChI is InChI=1S/C32H68P/c1-8-15-19-20-21-22-26-33(27-30(12-5)23-16-9-2,28-31(13-6)24-17-10-3)29-32(14-7)25-18-11-4/h30-32H,8-29H2,1-7H3/q+1. The minimum absolute atomic E-state index is 0.890. The van der Waals surface area contributed by atoms with Crippen LogP contribution in [0, 0.1) is 17.8 Å². The first-order chi connectivity index (χ1) is 16.0. The molecule has 0 aliphatic rings. The lowest BCUT2D eigenvalue weighted by molar-refractivity contribution is 0.466. The molecule has 3 atom stereocenters. The van der Waals surface area contributed by atoms with Crippen LogP contribution >= 0.6 is 7.26 Å². The van der Waals surface area contributed by atoms with E-state index in [1.165, 1.54) is 116 Å². The van der Waals surface area contributed by atoms with Crippen LogP contribution < -0.4 is 0 Å². The summed E-state index contributed by atoms with van der Waals surface area (Å²) in [5, 5.41) is 0. The maximum absolute atomic E-state index is 2.50. The van der Waals surface area contributed by atoms with Gasteiger partial charge in [0.2, 0.25) is 0 Å². The van der Waals surface area contributed by atoms with E-state index in [2.05, 4.69) is 48.5 Å². The Morgan fingerprint density at radius 2 is 0.727 bits per heavy atom. The molecule has 0 heterocycles. The van der Waals surface area contributed by atoms with E-state index < -0.39 is 7.26 Å². The van der Waals surface area contributed by atoms with Crippen molar-refractivity contribution in [1.82, 2.24) is 0 Å². The Balaban J connectivity index is 5.67.